The highest BCUT2D eigenvalue weighted by Gasteiger charge is 2.33. The fourth-order valence-corrected chi connectivity index (χ4v) is 4.60. The summed E-state index contributed by atoms with van der Waals surface area (Å²) in [6.07, 6.45) is 5.82. The van der Waals surface area contributed by atoms with E-state index >= 15 is 0 Å². The number of aromatic amines is 1. The first-order chi connectivity index (χ1) is 11.6. The van der Waals surface area contributed by atoms with E-state index in [1.165, 1.54) is 6.07 Å². The van der Waals surface area contributed by atoms with Gasteiger partial charge in [-0.2, -0.15) is 0 Å². The minimum absolute atomic E-state index is 0.00703. The summed E-state index contributed by atoms with van der Waals surface area (Å²) in [7, 11) is 0. The van der Waals surface area contributed by atoms with Gasteiger partial charge in [0.15, 0.2) is 0 Å². The average molecular weight is 343 g/mol. The van der Waals surface area contributed by atoms with E-state index in [4.69, 9.17) is 0 Å². The van der Waals surface area contributed by atoms with E-state index in [1.54, 1.807) is 11.3 Å². The number of carbonyl (C=O) groups is 1. The Morgan fingerprint density at radius 2 is 2.17 bits per heavy atom. The van der Waals surface area contributed by atoms with Crippen molar-refractivity contribution in [1.29, 1.82) is 0 Å². The van der Waals surface area contributed by atoms with Crippen LogP contribution in [0.2, 0.25) is 0 Å². The predicted molar refractivity (Wildman–Crippen MR) is 93.6 cm³/mol. The summed E-state index contributed by atoms with van der Waals surface area (Å²) in [6, 6.07) is 1.54. The van der Waals surface area contributed by atoms with Crippen molar-refractivity contribution in [2.45, 2.75) is 51.5 Å². The molecule has 1 saturated heterocycles. The maximum atomic E-state index is 13.2. The molecule has 1 N–H and O–H groups in total. The largest absolute Gasteiger partial charge is 0.330 e. The lowest BCUT2D eigenvalue weighted by Gasteiger charge is -2.26. The number of likely N-dealkylation sites (tertiary alicyclic amines) is 1. The molecule has 1 aliphatic heterocycles. The van der Waals surface area contributed by atoms with Crippen LogP contribution in [0.15, 0.2) is 16.2 Å². The maximum Gasteiger partial charge on any atom is 0.254 e. The average Bonchev–Trinajstić information content (AvgIpc) is 3.21. The van der Waals surface area contributed by atoms with Crippen molar-refractivity contribution in [3.63, 3.8) is 0 Å². The van der Waals surface area contributed by atoms with E-state index in [0.29, 0.717) is 5.56 Å². The molecule has 3 heterocycles. The van der Waals surface area contributed by atoms with Crippen molar-refractivity contribution in [2.24, 2.45) is 0 Å². The fourth-order valence-electron chi connectivity index (χ4n) is 3.94. The van der Waals surface area contributed by atoms with Crippen LogP contribution in [0, 0.1) is 6.92 Å². The Balaban J connectivity index is 1.71. The van der Waals surface area contributed by atoms with Crippen LogP contribution < -0.4 is 5.56 Å². The number of nitrogens with one attached hydrogen (secondary N) is 1. The predicted octanol–water partition coefficient (Wildman–Crippen LogP) is 3.00. The third-order valence-electron chi connectivity index (χ3n) is 5.06. The SMILES string of the molecule is Cc1nc([C@H]2CCCN2C(=O)c2cc(=O)[nH]c3c2CCCC3)cs1. The van der Waals surface area contributed by atoms with E-state index in [9.17, 15) is 9.59 Å². The number of aromatic nitrogens is 2. The summed E-state index contributed by atoms with van der Waals surface area (Å²) in [5.41, 5.74) is 3.43. The number of fused-ring (bicyclic) bond motifs is 1. The van der Waals surface area contributed by atoms with Gasteiger partial charge in [0, 0.05) is 29.2 Å². The molecule has 126 valence electrons. The third kappa shape index (κ3) is 2.69. The van der Waals surface area contributed by atoms with Crippen LogP contribution in [0.5, 0.6) is 0 Å². The Hall–Kier alpha value is -1.95. The lowest BCUT2D eigenvalue weighted by atomic mass is 9.91. The van der Waals surface area contributed by atoms with Crippen molar-refractivity contribution in [2.75, 3.05) is 6.54 Å². The second-order valence-corrected chi connectivity index (χ2v) is 7.72. The van der Waals surface area contributed by atoms with Gasteiger partial charge >= 0.3 is 0 Å². The molecule has 1 aliphatic carbocycles. The molecule has 1 fully saturated rings. The molecule has 0 bridgehead atoms. The second-order valence-electron chi connectivity index (χ2n) is 6.66. The number of amides is 1. The molecule has 6 heteroatoms. The van der Waals surface area contributed by atoms with Crippen LogP contribution in [0.3, 0.4) is 0 Å². The topological polar surface area (TPSA) is 66.1 Å². The van der Waals surface area contributed by atoms with Gasteiger partial charge in [0.25, 0.3) is 5.91 Å². The molecule has 0 unspecified atom stereocenters. The molecule has 24 heavy (non-hydrogen) atoms. The summed E-state index contributed by atoms with van der Waals surface area (Å²) < 4.78 is 0. The van der Waals surface area contributed by atoms with E-state index in [1.807, 2.05) is 11.8 Å². The van der Waals surface area contributed by atoms with Gasteiger partial charge in [-0.15, -0.1) is 11.3 Å². The molecule has 0 saturated carbocycles. The zero-order chi connectivity index (χ0) is 16.7. The molecule has 0 radical (unpaired) electrons. The van der Waals surface area contributed by atoms with E-state index < -0.39 is 0 Å². The highest BCUT2D eigenvalue weighted by molar-refractivity contribution is 7.09. The van der Waals surface area contributed by atoms with Gasteiger partial charge in [0.2, 0.25) is 5.56 Å². The highest BCUT2D eigenvalue weighted by atomic mass is 32.1. The number of nitrogens with zero attached hydrogens (tertiary/aromatic N) is 2. The molecule has 1 atom stereocenters. The Bertz CT molecular complexity index is 839. The Kier molecular flexibility index (Phi) is 4.00. The first-order valence-electron chi connectivity index (χ1n) is 8.61. The van der Waals surface area contributed by atoms with Crippen LogP contribution in [-0.2, 0) is 12.8 Å². The summed E-state index contributed by atoms with van der Waals surface area (Å²) >= 11 is 1.62. The number of hydrogen-bond donors (Lipinski definition) is 1. The molecule has 0 spiro atoms. The number of thiazole rings is 1. The van der Waals surface area contributed by atoms with Crippen LogP contribution in [0.1, 0.15) is 64.0 Å². The van der Waals surface area contributed by atoms with Gasteiger partial charge in [-0.3, -0.25) is 9.59 Å². The molecular weight excluding hydrogens is 322 g/mol. The van der Waals surface area contributed by atoms with Crippen molar-refractivity contribution < 1.29 is 4.79 Å². The van der Waals surface area contributed by atoms with Gasteiger partial charge in [0.05, 0.1) is 16.7 Å². The van der Waals surface area contributed by atoms with E-state index in [-0.39, 0.29) is 17.5 Å². The molecule has 1 amide bonds. The Morgan fingerprint density at radius 3 is 2.96 bits per heavy atom. The highest BCUT2D eigenvalue weighted by Crippen LogP contribution is 2.34. The fraction of sp³-hybridized carbons (Fsp3) is 0.500. The number of pyridine rings is 1. The summed E-state index contributed by atoms with van der Waals surface area (Å²) in [4.78, 5) is 34.6. The molecular formula is C18H21N3O2S. The summed E-state index contributed by atoms with van der Waals surface area (Å²) in [5, 5.41) is 3.08. The number of rotatable bonds is 2. The van der Waals surface area contributed by atoms with Gasteiger partial charge < -0.3 is 9.88 Å². The Labute approximate surface area is 144 Å². The van der Waals surface area contributed by atoms with Crippen molar-refractivity contribution >= 4 is 17.2 Å². The van der Waals surface area contributed by atoms with Crippen molar-refractivity contribution in [3.05, 3.63) is 49.3 Å². The van der Waals surface area contributed by atoms with E-state index in [0.717, 1.165) is 67.0 Å². The molecule has 2 aliphatic rings. The van der Waals surface area contributed by atoms with Crippen LogP contribution in [-0.4, -0.2) is 27.3 Å². The third-order valence-corrected chi connectivity index (χ3v) is 5.86. The molecule has 2 aromatic rings. The summed E-state index contributed by atoms with van der Waals surface area (Å²) in [5.74, 6) is -0.00703. The smallest absolute Gasteiger partial charge is 0.254 e. The lowest BCUT2D eigenvalue weighted by molar-refractivity contribution is 0.0731. The number of hydrogen-bond acceptors (Lipinski definition) is 4. The normalized spacial score (nSPS) is 20.2. The minimum Gasteiger partial charge on any atom is -0.330 e. The zero-order valence-electron chi connectivity index (χ0n) is 13.8. The Morgan fingerprint density at radius 1 is 1.33 bits per heavy atom. The van der Waals surface area contributed by atoms with Gasteiger partial charge in [-0.1, -0.05) is 0 Å². The van der Waals surface area contributed by atoms with Crippen LogP contribution in [0.4, 0.5) is 0 Å². The van der Waals surface area contributed by atoms with Gasteiger partial charge in [-0.25, -0.2) is 4.98 Å². The number of carbonyl (C=O) groups excluding carboxylic acids is 1. The first-order valence-corrected chi connectivity index (χ1v) is 9.49. The van der Waals surface area contributed by atoms with E-state index in [2.05, 4.69) is 15.3 Å². The monoisotopic (exact) mass is 343 g/mol. The lowest BCUT2D eigenvalue weighted by Crippen LogP contribution is -2.33. The quantitative estimate of drug-likeness (QED) is 0.911. The minimum atomic E-state index is -0.167. The van der Waals surface area contributed by atoms with Gasteiger partial charge in [0.1, 0.15) is 0 Å². The van der Waals surface area contributed by atoms with Gasteiger partial charge in [-0.05, 0) is 51.0 Å². The van der Waals surface area contributed by atoms with Crippen LogP contribution in [0.25, 0.3) is 0 Å². The molecule has 2 aromatic heterocycles. The van der Waals surface area contributed by atoms with Crippen LogP contribution >= 0.6 is 11.3 Å². The molecule has 4 rings (SSSR count). The first kappa shape index (κ1) is 15.6. The molecule has 5 nitrogen and oxygen atoms in total. The number of H-pyrrole nitrogens is 1. The maximum absolute atomic E-state index is 13.2. The summed E-state index contributed by atoms with van der Waals surface area (Å²) in [6.45, 7) is 2.73. The second kappa shape index (κ2) is 6.16. The van der Waals surface area contributed by atoms with Crippen molar-refractivity contribution in [1.82, 2.24) is 14.9 Å². The standard InChI is InChI=1S/C18H21N3O2S/c1-11-19-15(10-24-11)16-7-4-8-21(16)18(23)13-9-17(22)20-14-6-3-2-5-12(13)14/h9-10,16H,2-8H2,1H3,(H,20,22)/t16-/m1/s1. The van der Waals surface area contributed by atoms with Crippen molar-refractivity contribution in [3.8, 4) is 0 Å². The zero-order valence-corrected chi connectivity index (χ0v) is 14.6. The number of aryl methyl sites for hydroxylation is 2. The molecule has 0 aromatic carbocycles.